The third kappa shape index (κ3) is 3.26. The molecular formula is C16H25NO. The number of hydrogen-bond acceptors (Lipinski definition) is 2. The topological polar surface area (TPSA) is 21.3 Å². The molecule has 0 radical (unpaired) electrons. The second-order valence-corrected chi connectivity index (χ2v) is 5.46. The monoisotopic (exact) mass is 247 g/mol. The number of aryl methyl sites for hydroxylation is 2. The molecule has 0 heterocycles. The van der Waals surface area contributed by atoms with E-state index in [4.69, 9.17) is 4.74 Å². The van der Waals surface area contributed by atoms with Crippen LogP contribution in [-0.4, -0.2) is 19.2 Å². The van der Waals surface area contributed by atoms with E-state index in [1.807, 2.05) is 7.05 Å². The predicted molar refractivity (Wildman–Crippen MR) is 76.3 cm³/mol. The number of likely N-dealkylation sites (N-methyl/N-ethyl adjacent to an activating group) is 1. The van der Waals surface area contributed by atoms with Gasteiger partial charge in [-0.3, -0.25) is 0 Å². The normalized spacial score (nSPS) is 24.6. The summed E-state index contributed by atoms with van der Waals surface area (Å²) in [5.74, 6) is 1.05. The van der Waals surface area contributed by atoms with Crippen molar-refractivity contribution in [3.05, 3.63) is 29.3 Å². The van der Waals surface area contributed by atoms with Crippen LogP contribution in [0.25, 0.3) is 0 Å². The van der Waals surface area contributed by atoms with Gasteiger partial charge in [-0.25, -0.2) is 0 Å². The first-order valence-corrected chi connectivity index (χ1v) is 7.12. The molecule has 0 amide bonds. The zero-order chi connectivity index (χ0) is 13.0. The summed E-state index contributed by atoms with van der Waals surface area (Å²) in [6, 6.07) is 6.93. The van der Waals surface area contributed by atoms with E-state index < -0.39 is 0 Å². The molecule has 1 aromatic carbocycles. The summed E-state index contributed by atoms with van der Waals surface area (Å²) in [5, 5.41) is 3.42. The summed E-state index contributed by atoms with van der Waals surface area (Å²) < 4.78 is 6.26. The summed E-state index contributed by atoms with van der Waals surface area (Å²) in [4.78, 5) is 0. The molecule has 2 atom stereocenters. The highest BCUT2D eigenvalue weighted by Crippen LogP contribution is 2.26. The maximum Gasteiger partial charge on any atom is 0.122 e. The van der Waals surface area contributed by atoms with Crippen LogP contribution >= 0.6 is 0 Å². The van der Waals surface area contributed by atoms with Crippen molar-refractivity contribution in [2.24, 2.45) is 0 Å². The van der Waals surface area contributed by atoms with Crippen LogP contribution < -0.4 is 10.1 Å². The third-order valence-corrected chi connectivity index (χ3v) is 3.93. The Balaban J connectivity index is 2.10. The van der Waals surface area contributed by atoms with E-state index in [1.165, 1.54) is 43.2 Å². The van der Waals surface area contributed by atoms with Crippen molar-refractivity contribution in [1.29, 1.82) is 0 Å². The Kier molecular flexibility index (Phi) is 4.65. The van der Waals surface area contributed by atoms with Crippen molar-refractivity contribution in [3.8, 4) is 5.75 Å². The molecule has 1 aliphatic rings. The lowest BCUT2D eigenvalue weighted by Crippen LogP contribution is -2.40. The minimum Gasteiger partial charge on any atom is -0.489 e. The highest BCUT2D eigenvalue weighted by molar-refractivity contribution is 5.35. The maximum absolute atomic E-state index is 6.26. The Bertz CT molecular complexity index is 389. The largest absolute Gasteiger partial charge is 0.489 e. The Hall–Kier alpha value is -1.02. The van der Waals surface area contributed by atoms with Gasteiger partial charge in [0.15, 0.2) is 0 Å². The van der Waals surface area contributed by atoms with Gasteiger partial charge in [-0.05, 0) is 51.8 Å². The summed E-state index contributed by atoms with van der Waals surface area (Å²) in [7, 11) is 2.05. The first-order chi connectivity index (χ1) is 8.70. The maximum atomic E-state index is 6.26. The third-order valence-electron chi connectivity index (χ3n) is 3.93. The standard InChI is InChI=1S/C16H25NO/c1-12-9-10-15(13(2)11-12)18-16-8-6-4-5-7-14(16)17-3/h9-11,14,16-17H,4-8H2,1-3H3. The van der Waals surface area contributed by atoms with Crippen LogP contribution in [0.3, 0.4) is 0 Å². The highest BCUT2D eigenvalue weighted by atomic mass is 16.5. The van der Waals surface area contributed by atoms with Gasteiger partial charge in [0, 0.05) is 6.04 Å². The molecule has 0 aromatic heterocycles. The van der Waals surface area contributed by atoms with E-state index >= 15 is 0 Å². The Morgan fingerprint density at radius 3 is 2.61 bits per heavy atom. The van der Waals surface area contributed by atoms with Crippen molar-refractivity contribution < 1.29 is 4.74 Å². The number of nitrogens with one attached hydrogen (secondary N) is 1. The van der Waals surface area contributed by atoms with Crippen molar-refractivity contribution in [2.75, 3.05) is 7.05 Å². The number of benzene rings is 1. The summed E-state index contributed by atoms with van der Waals surface area (Å²) >= 11 is 0. The van der Waals surface area contributed by atoms with Crippen molar-refractivity contribution in [3.63, 3.8) is 0 Å². The Labute approximate surface area is 111 Å². The number of hydrogen-bond donors (Lipinski definition) is 1. The van der Waals surface area contributed by atoms with Gasteiger partial charge in [-0.15, -0.1) is 0 Å². The molecule has 2 heteroatoms. The van der Waals surface area contributed by atoms with Crippen LogP contribution in [0.4, 0.5) is 0 Å². The van der Waals surface area contributed by atoms with Gasteiger partial charge in [0.1, 0.15) is 11.9 Å². The molecule has 2 nitrogen and oxygen atoms in total. The zero-order valence-corrected chi connectivity index (χ0v) is 11.8. The van der Waals surface area contributed by atoms with E-state index in [0.29, 0.717) is 12.1 Å². The van der Waals surface area contributed by atoms with Crippen LogP contribution in [0.5, 0.6) is 5.75 Å². The van der Waals surface area contributed by atoms with Crippen LogP contribution in [0, 0.1) is 13.8 Å². The van der Waals surface area contributed by atoms with E-state index in [-0.39, 0.29) is 0 Å². The van der Waals surface area contributed by atoms with Crippen molar-refractivity contribution in [1.82, 2.24) is 5.32 Å². The molecular weight excluding hydrogens is 222 g/mol. The van der Waals surface area contributed by atoms with Crippen LogP contribution in [0.1, 0.15) is 43.2 Å². The first kappa shape index (κ1) is 13.4. The fourth-order valence-corrected chi connectivity index (χ4v) is 2.84. The molecule has 1 aromatic rings. The second-order valence-electron chi connectivity index (χ2n) is 5.46. The molecule has 1 saturated carbocycles. The molecule has 0 saturated heterocycles. The molecule has 2 rings (SSSR count). The average molecular weight is 247 g/mol. The van der Waals surface area contributed by atoms with Gasteiger partial charge >= 0.3 is 0 Å². The smallest absolute Gasteiger partial charge is 0.122 e. The lowest BCUT2D eigenvalue weighted by atomic mass is 10.1. The van der Waals surface area contributed by atoms with E-state index in [2.05, 4.69) is 37.4 Å². The molecule has 1 aliphatic carbocycles. The molecule has 0 bridgehead atoms. The number of ether oxygens (including phenoxy) is 1. The molecule has 0 spiro atoms. The van der Waals surface area contributed by atoms with Crippen molar-refractivity contribution in [2.45, 2.75) is 58.1 Å². The molecule has 100 valence electrons. The summed E-state index contributed by atoms with van der Waals surface area (Å²) in [5.41, 5.74) is 2.54. The van der Waals surface area contributed by atoms with Gasteiger partial charge in [-0.2, -0.15) is 0 Å². The quantitative estimate of drug-likeness (QED) is 0.824. The molecule has 2 unspecified atom stereocenters. The minimum absolute atomic E-state index is 0.318. The van der Waals surface area contributed by atoms with Crippen LogP contribution in [-0.2, 0) is 0 Å². The molecule has 18 heavy (non-hydrogen) atoms. The van der Waals surface area contributed by atoms with Gasteiger partial charge in [0.2, 0.25) is 0 Å². The van der Waals surface area contributed by atoms with Gasteiger partial charge in [0.25, 0.3) is 0 Å². The molecule has 0 aliphatic heterocycles. The van der Waals surface area contributed by atoms with Crippen LogP contribution in [0.15, 0.2) is 18.2 Å². The van der Waals surface area contributed by atoms with E-state index in [1.54, 1.807) is 0 Å². The molecule has 1 N–H and O–H groups in total. The van der Waals surface area contributed by atoms with E-state index in [0.717, 1.165) is 5.75 Å². The summed E-state index contributed by atoms with van der Waals surface area (Å²) in [6.07, 6.45) is 6.65. The molecule has 1 fully saturated rings. The lowest BCUT2D eigenvalue weighted by Gasteiger charge is -2.26. The van der Waals surface area contributed by atoms with Gasteiger partial charge in [0.05, 0.1) is 0 Å². The van der Waals surface area contributed by atoms with Gasteiger partial charge < -0.3 is 10.1 Å². The fourth-order valence-electron chi connectivity index (χ4n) is 2.84. The second kappa shape index (κ2) is 6.24. The lowest BCUT2D eigenvalue weighted by molar-refractivity contribution is 0.148. The summed E-state index contributed by atoms with van der Waals surface area (Å²) in [6.45, 7) is 4.26. The van der Waals surface area contributed by atoms with Crippen LogP contribution in [0.2, 0.25) is 0 Å². The highest BCUT2D eigenvalue weighted by Gasteiger charge is 2.24. The fraction of sp³-hybridized carbons (Fsp3) is 0.625. The minimum atomic E-state index is 0.318. The zero-order valence-electron chi connectivity index (χ0n) is 11.8. The Morgan fingerprint density at radius 1 is 1.11 bits per heavy atom. The number of rotatable bonds is 3. The van der Waals surface area contributed by atoms with Crippen molar-refractivity contribution >= 4 is 0 Å². The SMILES string of the molecule is CNC1CCCCCC1Oc1ccc(C)cc1C. The average Bonchev–Trinajstić information content (AvgIpc) is 2.57. The Morgan fingerprint density at radius 2 is 1.89 bits per heavy atom. The van der Waals surface area contributed by atoms with E-state index in [9.17, 15) is 0 Å². The predicted octanol–water partition coefficient (Wildman–Crippen LogP) is 3.60. The van der Waals surface area contributed by atoms with Gasteiger partial charge in [-0.1, -0.05) is 30.5 Å². The first-order valence-electron chi connectivity index (χ1n) is 7.12.